The summed E-state index contributed by atoms with van der Waals surface area (Å²) in [5.74, 6) is -0.462. The van der Waals surface area contributed by atoms with E-state index in [2.05, 4.69) is 0 Å². The number of aromatic nitrogens is 1. The normalized spacial score (nSPS) is 15.0. The summed E-state index contributed by atoms with van der Waals surface area (Å²) in [6, 6.07) is 5.61. The highest BCUT2D eigenvalue weighted by atomic mass is 19.4. The van der Waals surface area contributed by atoms with Crippen LogP contribution in [0.5, 0.6) is 0 Å². The minimum Gasteiger partial charge on any atom is -0.368 e. The maximum atomic E-state index is 13.3. The average molecular weight is 307 g/mol. The molecule has 0 saturated heterocycles. The number of halogens is 3. The summed E-state index contributed by atoms with van der Waals surface area (Å²) in [6.45, 7) is -0.168. The van der Waals surface area contributed by atoms with Crippen molar-refractivity contribution >= 4 is 16.8 Å². The Balaban J connectivity index is 2.34. The van der Waals surface area contributed by atoms with Crippen molar-refractivity contribution in [1.29, 1.82) is 5.26 Å². The Morgan fingerprint density at radius 2 is 2.09 bits per heavy atom. The Bertz CT molecular complexity index is 810. The predicted octanol–water partition coefficient (Wildman–Crippen LogP) is 2.89. The summed E-state index contributed by atoms with van der Waals surface area (Å²) < 4.78 is 41.5. The van der Waals surface area contributed by atoms with Crippen LogP contribution in [0.25, 0.3) is 10.9 Å². The van der Waals surface area contributed by atoms with E-state index >= 15 is 0 Å². The van der Waals surface area contributed by atoms with E-state index in [4.69, 9.17) is 11.0 Å². The van der Waals surface area contributed by atoms with Crippen LogP contribution in [0.15, 0.2) is 18.2 Å². The van der Waals surface area contributed by atoms with Crippen molar-refractivity contribution in [2.24, 2.45) is 5.73 Å². The van der Waals surface area contributed by atoms with Gasteiger partial charge in [-0.05, 0) is 37.0 Å². The van der Waals surface area contributed by atoms with Crippen LogP contribution in [0.1, 0.15) is 35.6 Å². The highest BCUT2D eigenvalue weighted by Crippen LogP contribution is 2.45. The van der Waals surface area contributed by atoms with E-state index in [9.17, 15) is 18.0 Å². The summed E-state index contributed by atoms with van der Waals surface area (Å²) in [4.78, 5) is 11.2. The average Bonchev–Trinajstić information content (AvgIpc) is 3.20. The van der Waals surface area contributed by atoms with Gasteiger partial charge in [0.05, 0.1) is 17.2 Å². The van der Waals surface area contributed by atoms with Crippen LogP contribution in [0, 0.1) is 11.3 Å². The van der Waals surface area contributed by atoms with Gasteiger partial charge in [-0.3, -0.25) is 4.79 Å². The van der Waals surface area contributed by atoms with Gasteiger partial charge in [0.1, 0.15) is 6.54 Å². The van der Waals surface area contributed by atoms with Crippen molar-refractivity contribution in [2.75, 3.05) is 0 Å². The number of nitrogens with two attached hydrogens (primary N) is 1. The van der Waals surface area contributed by atoms with Gasteiger partial charge in [-0.15, -0.1) is 0 Å². The van der Waals surface area contributed by atoms with Crippen molar-refractivity contribution in [3.8, 4) is 6.07 Å². The zero-order chi connectivity index (χ0) is 16.1. The van der Waals surface area contributed by atoms with Crippen LogP contribution in [0.4, 0.5) is 13.2 Å². The molecule has 22 heavy (non-hydrogen) atoms. The summed E-state index contributed by atoms with van der Waals surface area (Å²) in [7, 11) is 0. The molecule has 1 aliphatic rings. The van der Waals surface area contributed by atoms with Gasteiger partial charge in [-0.25, -0.2) is 0 Å². The Morgan fingerprint density at radius 1 is 1.41 bits per heavy atom. The zero-order valence-electron chi connectivity index (χ0n) is 11.4. The molecule has 1 saturated carbocycles. The number of carbonyl (C=O) groups excluding carboxylic acids is 1. The summed E-state index contributed by atoms with van der Waals surface area (Å²) in [5, 5.41) is 8.91. The lowest BCUT2D eigenvalue weighted by Gasteiger charge is -2.11. The number of nitriles is 1. The smallest absolute Gasteiger partial charge is 0.368 e. The molecule has 0 unspecified atom stereocenters. The first-order valence-corrected chi connectivity index (χ1v) is 6.74. The zero-order valence-corrected chi connectivity index (χ0v) is 11.4. The number of fused-ring (bicyclic) bond motifs is 1. The van der Waals surface area contributed by atoms with Crippen LogP contribution >= 0.6 is 0 Å². The molecule has 7 heteroatoms. The number of hydrogen-bond acceptors (Lipinski definition) is 2. The lowest BCUT2D eigenvalue weighted by Crippen LogP contribution is -2.19. The molecule has 4 nitrogen and oxygen atoms in total. The third-order valence-electron chi connectivity index (χ3n) is 3.83. The second-order valence-electron chi connectivity index (χ2n) is 5.43. The Hall–Kier alpha value is -2.49. The van der Waals surface area contributed by atoms with Crippen LogP contribution in [-0.2, 0) is 17.5 Å². The highest BCUT2D eigenvalue weighted by molar-refractivity contribution is 5.89. The Morgan fingerprint density at radius 3 is 2.59 bits per heavy atom. The van der Waals surface area contributed by atoms with Gasteiger partial charge >= 0.3 is 6.18 Å². The largest absolute Gasteiger partial charge is 0.418 e. The first-order valence-electron chi connectivity index (χ1n) is 6.74. The molecule has 0 aliphatic heterocycles. The second-order valence-corrected chi connectivity index (χ2v) is 5.43. The molecular formula is C15H12F3N3O. The summed E-state index contributed by atoms with van der Waals surface area (Å²) in [6.07, 6.45) is -2.88. The monoisotopic (exact) mass is 307 g/mol. The predicted molar refractivity (Wildman–Crippen MR) is 72.8 cm³/mol. The number of carbonyl (C=O) groups is 1. The number of nitrogens with zero attached hydrogens (tertiary/aromatic N) is 2. The molecule has 2 N–H and O–H groups in total. The SMILES string of the molecule is N#Cc1ccc2c(cc(C3CC3)n2CC(N)=O)c1C(F)(F)F. The van der Waals surface area contributed by atoms with Crippen molar-refractivity contribution in [1.82, 2.24) is 4.57 Å². The van der Waals surface area contributed by atoms with Gasteiger partial charge in [0, 0.05) is 16.6 Å². The van der Waals surface area contributed by atoms with E-state index in [-0.39, 0.29) is 23.4 Å². The van der Waals surface area contributed by atoms with E-state index in [1.165, 1.54) is 16.7 Å². The van der Waals surface area contributed by atoms with Crippen LogP contribution in [0.3, 0.4) is 0 Å². The van der Waals surface area contributed by atoms with E-state index < -0.39 is 23.2 Å². The topological polar surface area (TPSA) is 71.8 Å². The summed E-state index contributed by atoms with van der Waals surface area (Å²) >= 11 is 0. The van der Waals surface area contributed by atoms with Gasteiger partial charge < -0.3 is 10.3 Å². The van der Waals surface area contributed by atoms with E-state index in [1.54, 1.807) is 6.07 Å². The number of hydrogen-bond donors (Lipinski definition) is 1. The fourth-order valence-corrected chi connectivity index (χ4v) is 2.80. The Labute approximate surface area is 123 Å². The van der Waals surface area contributed by atoms with Crippen LogP contribution < -0.4 is 5.73 Å². The maximum absolute atomic E-state index is 13.3. The van der Waals surface area contributed by atoms with Gasteiger partial charge in [0.15, 0.2) is 0 Å². The molecular weight excluding hydrogens is 295 g/mol. The number of alkyl halides is 3. The summed E-state index contributed by atoms with van der Waals surface area (Å²) in [5.41, 5.74) is 4.80. The molecule has 1 amide bonds. The molecule has 0 spiro atoms. The van der Waals surface area contributed by atoms with Gasteiger partial charge in [0.25, 0.3) is 0 Å². The molecule has 114 valence electrons. The molecule has 0 bridgehead atoms. The lowest BCUT2D eigenvalue weighted by atomic mass is 10.0. The molecule has 3 rings (SSSR count). The fourth-order valence-electron chi connectivity index (χ4n) is 2.80. The van der Waals surface area contributed by atoms with Gasteiger partial charge in [-0.2, -0.15) is 18.4 Å². The van der Waals surface area contributed by atoms with Crippen molar-refractivity contribution in [3.05, 3.63) is 35.0 Å². The molecule has 1 aromatic carbocycles. The van der Waals surface area contributed by atoms with Crippen LogP contribution in [0.2, 0.25) is 0 Å². The standard InChI is InChI=1S/C15H12F3N3O/c16-15(17,18)14-9(6-19)3-4-11-10(14)5-12(8-1-2-8)21(11)7-13(20)22/h3-5,8H,1-2,7H2,(H2,20,22). The lowest BCUT2D eigenvalue weighted by molar-refractivity contribution is -0.136. The van der Waals surface area contributed by atoms with Crippen LogP contribution in [-0.4, -0.2) is 10.5 Å². The maximum Gasteiger partial charge on any atom is 0.418 e. The number of primary amides is 1. The molecule has 0 radical (unpaired) electrons. The quantitative estimate of drug-likeness (QED) is 0.947. The van der Waals surface area contributed by atoms with Gasteiger partial charge in [0.2, 0.25) is 5.91 Å². The molecule has 1 heterocycles. The molecule has 0 atom stereocenters. The number of benzene rings is 1. The number of rotatable bonds is 3. The highest BCUT2D eigenvalue weighted by Gasteiger charge is 2.38. The third-order valence-corrected chi connectivity index (χ3v) is 3.83. The number of amides is 1. The fraction of sp³-hybridized carbons (Fsp3) is 0.333. The molecule has 1 aromatic heterocycles. The van der Waals surface area contributed by atoms with E-state index in [0.29, 0.717) is 5.69 Å². The third kappa shape index (κ3) is 2.30. The first kappa shape index (κ1) is 14.4. The van der Waals surface area contributed by atoms with E-state index in [1.807, 2.05) is 0 Å². The molecule has 2 aromatic rings. The van der Waals surface area contributed by atoms with Crippen molar-refractivity contribution in [3.63, 3.8) is 0 Å². The van der Waals surface area contributed by atoms with Gasteiger partial charge in [-0.1, -0.05) is 0 Å². The minimum atomic E-state index is -4.63. The Kier molecular flexibility index (Phi) is 3.13. The second kappa shape index (κ2) is 4.77. The molecule has 1 aliphatic carbocycles. The van der Waals surface area contributed by atoms with Crippen molar-refractivity contribution < 1.29 is 18.0 Å². The van der Waals surface area contributed by atoms with E-state index in [0.717, 1.165) is 18.9 Å². The minimum absolute atomic E-state index is 0.0466. The van der Waals surface area contributed by atoms with Crippen molar-refractivity contribution in [2.45, 2.75) is 31.5 Å². The first-order chi connectivity index (χ1) is 10.3. The molecule has 1 fully saturated rings.